The van der Waals surface area contributed by atoms with Crippen LogP contribution in [0.2, 0.25) is 0 Å². The van der Waals surface area contributed by atoms with Gasteiger partial charge in [-0.25, -0.2) is 0 Å². The largest absolute Gasteiger partial charge is 0.503 e. The molecule has 0 aliphatic carbocycles. The van der Waals surface area contributed by atoms with E-state index in [1.165, 1.54) is 12.8 Å². The van der Waals surface area contributed by atoms with Crippen LogP contribution >= 0.6 is 0 Å². The van der Waals surface area contributed by atoms with Crippen molar-refractivity contribution in [1.29, 1.82) is 0 Å². The number of rotatable bonds is 8. The zero-order valence-electron chi connectivity index (χ0n) is 12.4. The topological polar surface area (TPSA) is 45.5 Å². The van der Waals surface area contributed by atoms with Crippen molar-refractivity contribution < 1.29 is 5.11 Å². The van der Waals surface area contributed by atoms with Gasteiger partial charge in [0.1, 0.15) is 0 Å². The molecule has 1 aromatic heterocycles. The first kappa shape index (κ1) is 15.8. The van der Waals surface area contributed by atoms with Crippen LogP contribution in [0.1, 0.15) is 45.7 Å². The van der Waals surface area contributed by atoms with Gasteiger partial charge in [-0.15, -0.1) is 0 Å². The van der Waals surface area contributed by atoms with Crippen molar-refractivity contribution in [3.05, 3.63) is 28.2 Å². The van der Waals surface area contributed by atoms with Crippen LogP contribution in [-0.4, -0.2) is 27.7 Å². The van der Waals surface area contributed by atoms with Gasteiger partial charge in [0.2, 0.25) is 5.43 Å². The highest BCUT2D eigenvalue weighted by atomic mass is 16.3. The molecule has 108 valence electrons. The van der Waals surface area contributed by atoms with E-state index in [9.17, 15) is 9.90 Å². The Bertz CT molecular complexity index is 440. The first-order valence-electron chi connectivity index (χ1n) is 7.27. The first-order valence-corrected chi connectivity index (χ1v) is 7.27. The summed E-state index contributed by atoms with van der Waals surface area (Å²) in [5.74, 6) is -0.159. The molecule has 0 saturated heterocycles. The second-order valence-corrected chi connectivity index (χ2v) is 4.93. The van der Waals surface area contributed by atoms with E-state index in [2.05, 4.69) is 25.7 Å². The van der Waals surface area contributed by atoms with E-state index < -0.39 is 0 Å². The highest BCUT2D eigenvalue weighted by molar-refractivity contribution is 5.20. The summed E-state index contributed by atoms with van der Waals surface area (Å²) in [7, 11) is 0. The Labute approximate surface area is 115 Å². The number of hydrogen-bond acceptors (Lipinski definition) is 3. The van der Waals surface area contributed by atoms with Crippen molar-refractivity contribution in [1.82, 2.24) is 9.47 Å². The third-order valence-electron chi connectivity index (χ3n) is 3.32. The molecule has 1 rings (SSSR count). The molecule has 0 spiro atoms. The average Bonchev–Trinajstić information content (AvgIpc) is 2.40. The lowest BCUT2D eigenvalue weighted by atomic mass is 10.2. The lowest BCUT2D eigenvalue weighted by molar-refractivity contribution is 0.266. The van der Waals surface area contributed by atoms with Crippen LogP contribution < -0.4 is 5.43 Å². The smallest absolute Gasteiger partial charge is 0.223 e. The van der Waals surface area contributed by atoms with Gasteiger partial charge >= 0.3 is 0 Å². The highest BCUT2D eigenvalue weighted by Gasteiger charge is 2.09. The standard InChI is InChI=1S/C15H26N2O2/c1-4-7-9-16(6-3)11-13-10-14(18)15(19)12-17(13)8-5-2/h10,12,19H,4-9,11H2,1-3H3. The van der Waals surface area contributed by atoms with Crippen LogP contribution in [0.4, 0.5) is 0 Å². The van der Waals surface area contributed by atoms with Crippen LogP contribution in [0.15, 0.2) is 17.1 Å². The molecule has 0 aliphatic heterocycles. The van der Waals surface area contributed by atoms with Crippen molar-refractivity contribution >= 4 is 0 Å². The Morgan fingerprint density at radius 1 is 1.26 bits per heavy atom. The molecule has 0 radical (unpaired) electrons. The molecule has 1 heterocycles. The number of nitrogens with zero attached hydrogens (tertiary/aromatic N) is 2. The van der Waals surface area contributed by atoms with Gasteiger partial charge in [-0.05, 0) is 25.9 Å². The number of aromatic hydroxyl groups is 1. The van der Waals surface area contributed by atoms with E-state index in [1.807, 2.05) is 4.57 Å². The van der Waals surface area contributed by atoms with E-state index in [0.717, 1.165) is 38.3 Å². The zero-order valence-corrected chi connectivity index (χ0v) is 12.4. The SMILES string of the molecule is CCCCN(CC)Cc1cc(=O)c(O)cn1CCC. The number of aromatic nitrogens is 1. The van der Waals surface area contributed by atoms with Crippen molar-refractivity contribution in [2.45, 2.75) is 53.1 Å². The summed E-state index contributed by atoms with van der Waals surface area (Å²) < 4.78 is 1.99. The molecule has 0 amide bonds. The maximum Gasteiger partial charge on any atom is 0.223 e. The van der Waals surface area contributed by atoms with E-state index in [-0.39, 0.29) is 11.2 Å². The Morgan fingerprint density at radius 2 is 2.00 bits per heavy atom. The van der Waals surface area contributed by atoms with Gasteiger partial charge in [-0.2, -0.15) is 0 Å². The molecule has 0 fully saturated rings. The molecule has 0 saturated carbocycles. The third kappa shape index (κ3) is 4.71. The summed E-state index contributed by atoms with van der Waals surface area (Å²) >= 11 is 0. The average molecular weight is 266 g/mol. The fourth-order valence-electron chi connectivity index (χ4n) is 2.15. The van der Waals surface area contributed by atoms with E-state index >= 15 is 0 Å². The number of aryl methyl sites for hydroxylation is 1. The molecule has 0 atom stereocenters. The van der Waals surface area contributed by atoms with Crippen LogP contribution in [0.5, 0.6) is 5.75 Å². The Balaban J connectivity index is 2.90. The second-order valence-electron chi connectivity index (χ2n) is 4.93. The lowest BCUT2D eigenvalue weighted by Crippen LogP contribution is -2.27. The van der Waals surface area contributed by atoms with E-state index in [0.29, 0.717) is 0 Å². The molecule has 0 unspecified atom stereocenters. The predicted octanol–water partition coefficient (Wildman–Crippen LogP) is 2.59. The minimum atomic E-state index is -0.283. The maximum absolute atomic E-state index is 11.6. The van der Waals surface area contributed by atoms with Gasteiger partial charge in [-0.1, -0.05) is 27.2 Å². The first-order chi connectivity index (χ1) is 9.12. The van der Waals surface area contributed by atoms with Crippen molar-refractivity contribution in [2.24, 2.45) is 0 Å². The minimum Gasteiger partial charge on any atom is -0.503 e. The summed E-state index contributed by atoms with van der Waals surface area (Å²) in [6.07, 6.45) is 4.89. The van der Waals surface area contributed by atoms with Crippen LogP contribution in [-0.2, 0) is 13.1 Å². The van der Waals surface area contributed by atoms with Crippen LogP contribution in [0.3, 0.4) is 0 Å². The third-order valence-corrected chi connectivity index (χ3v) is 3.32. The zero-order chi connectivity index (χ0) is 14.3. The number of pyridine rings is 1. The van der Waals surface area contributed by atoms with Crippen LogP contribution in [0, 0.1) is 0 Å². The minimum absolute atomic E-state index is 0.159. The quantitative estimate of drug-likeness (QED) is 0.786. The van der Waals surface area contributed by atoms with Crippen molar-refractivity contribution in [3.8, 4) is 5.75 Å². The van der Waals surface area contributed by atoms with Gasteiger partial charge in [-0.3, -0.25) is 9.69 Å². The van der Waals surface area contributed by atoms with E-state index in [4.69, 9.17) is 0 Å². The molecule has 1 aromatic rings. The summed E-state index contributed by atoms with van der Waals surface area (Å²) in [6, 6.07) is 1.57. The van der Waals surface area contributed by atoms with Gasteiger partial charge in [0.05, 0.1) is 6.20 Å². The van der Waals surface area contributed by atoms with Crippen LogP contribution in [0.25, 0.3) is 0 Å². The molecule has 0 aliphatic rings. The Kier molecular flexibility index (Phi) is 6.64. The maximum atomic E-state index is 11.6. The number of hydrogen-bond donors (Lipinski definition) is 1. The molecule has 4 nitrogen and oxygen atoms in total. The second kappa shape index (κ2) is 8.00. The molecule has 0 bridgehead atoms. The Morgan fingerprint density at radius 3 is 2.58 bits per heavy atom. The van der Waals surface area contributed by atoms with Crippen molar-refractivity contribution in [3.63, 3.8) is 0 Å². The monoisotopic (exact) mass is 266 g/mol. The predicted molar refractivity (Wildman–Crippen MR) is 78.5 cm³/mol. The van der Waals surface area contributed by atoms with Gasteiger partial charge in [0, 0.05) is 24.8 Å². The fourth-order valence-corrected chi connectivity index (χ4v) is 2.15. The Hall–Kier alpha value is -1.29. The van der Waals surface area contributed by atoms with Gasteiger partial charge in [0.15, 0.2) is 5.75 Å². The normalized spacial score (nSPS) is 11.2. The molecular weight excluding hydrogens is 240 g/mol. The van der Waals surface area contributed by atoms with Crippen molar-refractivity contribution in [2.75, 3.05) is 13.1 Å². The summed E-state index contributed by atoms with van der Waals surface area (Å²) in [5.41, 5.74) is 0.705. The molecule has 1 N–H and O–H groups in total. The summed E-state index contributed by atoms with van der Waals surface area (Å²) in [5, 5.41) is 9.54. The highest BCUT2D eigenvalue weighted by Crippen LogP contribution is 2.10. The van der Waals surface area contributed by atoms with Gasteiger partial charge < -0.3 is 9.67 Å². The molecule has 4 heteroatoms. The molecule has 0 aromatic carbocycles. The molecular formula is C15H26N2O2. The number of unbranched alkanes of at least 4 members (excludes halogenated alkanes) is 1. The molecule has 19 heavy (non-hydrogen) atoms. The summed E-state index contributed by atoms with van der Waals surface area (Å²) in [4.78, 5) is 13.9. The summed E-state index contributed by atoms with van der Waals surface area (Å²) in [6.45, 7) is 10.0. The van der Waals surface area contributed by atoms with E-state index in [1.54, 1.807) is 12.3 Å². The fraction of sp³-hybridized carbons (Fsp3) is 0.667. The van der Waals surface area contributed by atoms with Gasteiger partial charge in [0.25, 0.3) is 0 Å². The lowest BCUT2D eigenvalue weighted by Gasteiger charge is -2.22.